The number of carbonyl (C=O) groups is 1. The van der Waals surface area contributed by atoms with Gasteiger partial charge in [-0.05, 0) is 23.6 Å². The van der Waals surface area contributed by atoms with Crippen LogP contribution >= 0.6 is 0 Å². The summed E-state index contributed by atoms with van der Waals surface area (Å²) in [5.41, 5.74) is 0.975. The molecule has 27 heavy (non-hydrogen) atoms. The molecule has 0 saturated heterocycles. The molecular formula is C20H28FN5O. The van der Waals surface area contributed by atoms with Gasteiger partial charge in [0.05, 0.1) is 6.04 Å². The minimum Gasteiger partial charge on any atom is -0.346 e. The summed E-state index contributed by atoms with van der Waals surface area (Å²) in [5.74, 6) is 1.82. The Bertz CT molecular complexity index is 788. The molecule has 0 aliphatic carbocycles. The van der Waals surface area contributed by atoms with Crippen molar-refractivity contribution in [2.45, 2.75) is 52.7 Å². The summed E-state index contributed by atoms with van der Waals surface area (Å²) in [6.07, 6.45) is 1.24. The highest BCUT2D eigenvalue weighted by molar-refractivity contribution is 5.75. The van der Waals surface area contributed by atoms with Crippen LogP contribution in [-0.4, -0.2) is 38.7 Å². The summed E-state index contributed by atoms with van der Waals surface area (Å²) in [6.45, 7) is 9.17. The highest BCUT2D eigenvalue weighted by atomic mass is 19.1. The van der Waals surface area contributed by atoms with Crippen molar-refractivity contribution in [3.8, 4) is 0 Å². The van der Waals surface area contributed by atoms with E-state index in [9.17, 15) is 9.18 Å². The second-order valence-corrected chi connectivity index (χ2v) is 7.42. The van der Waals surface area contributed by atoms with Crippen LogP contribution in [0.3, 0.4) is 0 Å². The van der Waals surface area contributed by atoms with Crippen molar-refractivity contribution in [3.05, 3.63) is 47.3 Å². The summed E-state index contributed by atoms with van der Waals surface area (Å²) in [6, 6.07) is 6.61. The molecule has 1 unspecified atom stereocenters. The first-order valence-electron chi connectivity index (χ1n) is 9.66. The molecule has 0 saturated carbocycles. The lowest BCUT2D eigenvalue weighted by Gasteiger charge is -2.23. The number of hydrogen-bond donors (Lipinski definition) is 1. The molecule has 3 rings (SSSR count). The Morgan fingerprint density at radius 3 is 2.78 bits per heavy atom. The Morgan fingerprint density at radius 2 is 2.07 bits per heavy atom. The Morgan fingerprint density at radius 1 is 1.26 bits per heavy atom. The van der Waals surface area contributed by atoms with E-state index < -0.39 is 0 Å². The molecule has 146 valence electrons. The molecule has 0 radical (unpaired) electrons. The highest BCUT2D eigenvalue weighted by Gasteiger charge is 2.27. The molecule has 1 amide bonds. The minimum absolute atomic E-state index is 0.0207. The third-order valence-corrected chi connectivity index (χ3v) is 5.03. The maximum absolute atomic E-state index is 13.4. The number of fused-ring (bicyclic) bond motifs is 1. The Labute approximate surface area is 159 Å². The lowest BCUT2D eigenvalue weighted by molar-refractivity contribution is -0.121. The highest BCUT2D eigenvalue weighted by Crippen LogP contribution is 2.23. The van der Waals surface area contributed by atoms with Gasteiger partial charge in [-0.25, -0.2) is 4.39 Å². The number of aromatic nitrogens is 3. The quantitative estimate of drug-likeness (QED) is 0.846. The van der Waals surface area contributed by atoms with E-state index in [1.807, 2.05) is 13.0 Å². The van der Waals surface area contributed by atoms with E-state index in [2.05, 4.69) is 38.8 Å². The van der Waals surface area contributed by atoms with Crippen molar-refractivity contribution >= 4 is 5.91 Å². The van der Waals surface area contributed by atoms with Crippen LogP contribution in [-0.2, 0) is 24.3 Å². The van der Waals surface area contributed by atoms with Crippen LogP contribution in [0.4, 0.5) is 4.39 Å². The second-order valence-electron chi connectivity index (χ2n) is 7.42. The SMILES string of the molecule is CCC(=O)NC(c1nnc2n1CCN(Cc1cccc(F)c1)CC2)C(C)C. The van der Waals surface area contributed by atoms with E-state index in [-0.39, 0.29) is 23.7 Å². The molecule has 0 fully saturated rings. The van der Waals surface area contributed by atoms with Crippen molar-refractivity contribution in [1.82, 2.24) is 25.0 Å². The zero-order valence-electron chi connectivity index (χ0n) is 16.3. The van der Waals surface area contributed by atoms with Gasteiger partial charge in [0, 0.05) is 39.0 Å². The maximum Gasteiger partial charge on any atom is 0.220 e. The van der Waals surface area contributed by atoms with Crippen LogP contribution in [0.15, 0.2) is 24.3 Å². The average molecular weight is 373 g/mol. The number of hydrogen-bond acceptors (Lipinski definition) is 4. The molecule has 6 nitrogen and oxygen atoms in total. The predicted molar refractivity (Wildman–Crippen MR) is 101 cm³/mol. The molecule has 0 bridgehead atoms. The fourth-order valence-corrected chi connectivity index (χ4v) is 3.48. The van der Waals surface area contributed by atoms with Gasteiger partial charge in [0.25, 0.3) is 0 Å². The molecule has 7 heteroatoms. The largest absolute Gasteiger partial charge is 0.346 e. The Hall–Kier alpha value is -2.28. The Kier molecular flexibility index (Phi) is 6.21. The van der Waals surface area contributed by atoms with Gasteiger partial charge in [-0.2, -0.15) is 0 Å². The van der Waals surface area contributed by atoms with Crippen molar-refractivity contribution in [2.75, 3.05) is 13.1 Å². The van der Waals surface area contributed by atoms with E-state index in [0.717, 1.165) is 43.3 Å². The topological polar surface area (TPSA) is 63.1 Å². The first-order valence-corrected chi connectivity index (χ1v) is 9.66. The third-order valence-electron chi connectivity index (χ3n) is 5.03. The number of halogens is 1. The summed E-state index contributed by atoms with van der Waals surface area (Å²) >= 11 is 0. The summed E-state index contributed by atoms with van der Waals surface area (Å²) in [4.78, 5) is 14.2. The molecule has 0 spiro atoms. The van der Waals surface area contributed by atoms with E-state index in [4.69, 9.17) is 0 Å². The molecule has 2 aromatic rings. The Balaban J connectivity index is 1.73. The van der Waals surface area contributed by atoms with Crippen LogP contribution < -0.4 is 5.32 Å². The number of amides is 1. The van der Waals surface area contributed by atoms with Crippen molar-refractivity contribution in [2.24, 2.45) is 5.92 Å². The zero-order valence-corrected chi connectivity index (χ0v) is 16.3. The number of nitrogens with zero attached hydrogens (tertiary/aromatic N) is 4. The summed E-state index contributed by atoms with van der Waals surface area (Å²) in [7, 11) is 0. The molecule has 1 aliphatic rings. The fourth-order valence-electron chi connectivity index (χ4n) is 3.48. The van der Waals surface area contributed by atoms with Crippen LogP contribution in [0.2, 0.25) is 0 Å². The van der Waals surface area contributed by atoms with Gasteiger partial charge in [-0.3, -0.25) is 9.69 Å². The first-order chi connectivity index (χ1) is 13.0. The lowest BCUT2D eigenvalue weighted by Crippen LogP contribution is -2.34. The van der Waals surface area contributed by atoms with E-state index in [1.54, 1.807) is 12.1 Å². The zero-order chi connectivity index (χ0) is 19.4. The van der Waals surface area contributed by atoms with E-state index in [1.165, 1.54) is 6.07 Å². The second kappa shape index (κ2) is 8.61. The number of benzene rings is 1. The monoisotopic (exact) mass is 373 g/mol. The average Bonchev–Trinajstić information content (AvgIpc) is 2.93. The normalized spacial score (nSPS) is 16.0. The van der Waals surface area contributed by atoms with Gasteiger partial charge in [0.15, 0.2) is 5.82 Å². The molecule has 1 aromatic carbocycles. The van der Waals surface area contributed by atoms with Gasteiger partial charge in [-0.1, -0.05) is 32.9 Å². The fraction of sp³-hybridized carbons (Fsp3) is 0.550. The molecular weight excluding hydrogens is 345 g/mol. The summed E-state index contributed by atoms with van der Waals surface area (Å²) in [5, 5.41) is 11.9. The standard InChI is InChI=1S/C20H28FN5O/c1-4-18(27)22-19(14(2)3)20-24-23-17-8-9-25(10-11-26(17)20)13-15-6-5-7-16(21)12-15/h5-7,12,14,19H,4,8-11,13H2,1-3H3,(H,22,27). The van der Waals surface area contributed by atoms with Gasteiger partial charge in [0.2, 0.25) is 5.91 Å². The van der Waals surface area contributed by atoms with Crippen LogP contribution in [0.5, 0.6) is 0 Å². The van der Waals surface area contributed by atoms with Crippen LogP contribution in [0, 0.1) is 11.7 Å². The number of rotatable bonds is 6. The van der Waals surface area contributed by atoms with Gasteiger partial charge < -0.3 is 9.88 Å². The molecule has 1 atom stereocenters. The van der Waals surface area contributed by atoms with Crippen molar-refractivity contribution in [1.29, 1.82) is 0 Å². The maximum atomic E-state index is 13.4. The summed E-state index contributed by atoms with van der Waals surface area (Å²) < 4.78 is 15.6. The van der Waals surface area contributed by atoms with Gasteiger partial charge in [-0.15, -0.1) is 10.2 Å². The smallest absolute Gasteiger partial charge is 0.220 e. The number of carbonyl (C=O) groups excluding carboxylic acids is 1. The third kappa shape index (κ3) is 4.71. The first kappa shape index (κ1) is 19.5. The van der Waals surface area contributed by atoms with Crippen LogP contribution in [0.1, 0.15) is 50.4 Å². The molecule has 1 aliphatic heterocycles. The van der Waals surface area contributed by atoms with Crippen molar-refractivity contribution in [3.63, 3.8) is 0 Å². The van der Waals surface area contributed by atoms with E-state index >= 15 is 0 Å². The van der Waals surface area contributed by atoms with Crippen LogP contribution in [0.25, 0.3) is 0 Å². The van der Waals surface area contributed by atoms with Gasteiger partial charge >= 0.3 is 0 Å². The number of nitrogens with one attached hydrogen (secondary N) is 1. The van der Waals surface area contributed by atoms with E-state index in [0.29, 0.717) is 13.0 Å². The van der Waals surface area contributed by atoms with Crippen molar-refractivity contribution < 1.29 is 9.18 Å². The lowest BCUT2D eigenvalue weighted by atomic mass is 10.0. The molecule has 2 heterocycles. The molecule has 1 N–H and O–H groups in total. The minimum atomic E-state index is -0.201. The molecule has 1 aromatic heterocycles. The van der Waals surface area contributed by atoms with Gasteiger partial charge in [0.1, 0.15) is 11.6 Å². The predicted octanol–water partition coefficient (Wildman–Crippen LogP) is 2.70.